The third kappa shape index (κ3) is 6.04. The van der Waals surface area contributed by atoms with Crippen LogP contribution in [0.15, 0.2) is 91.1 Å². The minimum absolute atomic E-state index is 0.305. The topological polar surface area (TPSA) is 68.2 Å². The minimum atomic E-state index is -0.372. The molecule has 0 amide bonds. The number of esters is 1. The van der Waals surface area contributed by atoms with Crippen molar-refractivity contribution in [2.24, 2.45) is 0 Å². The fraction of sp³-hybridized carbons (Fsp3) is 0.138. The number of hydrogen-bond acceptors (Lipinski definition) is 5. The maximum absolute atomic E-state index is 12.6. The van der Waals surface area contributed by atoms with Gasteiger partial charge in [-0.15, -0.1) is 11.3 Å². The van der Waals surface area contributed by atoms with Crippen LogP contribution in [0.5, 0.6) is 0 Å². The summed E-state index contributed by atoms with van der Waals surface area (Å²) in [5.41, 5.74) is 2.84. The van der Waals surface area contributed by atoms with Gasteiger partial charge in [0, 0.05) is 23.6 Å². The van der Waals surface area contributed by atoms with Crippen LogP contribution in [0.1, 0.15) is 33.3 Å². The van der Waals surface area contributed by atoms with E-state index in [2.05, 4.69) is 58.2 Å². The molecule has 0 spiro atoms. The summed E-state index contributed by atoms with van der Waals surface area (Å²) >= 11 is 7.04. The fourth-order valence-electron chi connectivity index (χ4n) is 4.15. The standard InChI is InChI=1S/C29H26N4O2S2/c1-2-35-28(34)25-18-23(17-20-9-4-3-5-10-20)37-27(25)31-29(36)30-26-15-16-33(32-26)19-22-13-8-12-21-11-6-7-14-24(21)22/h3-16,18H,2,17,19H2,1H3,(H2,30,31,32,36). The number of anilines is 2. The van der Waals surface area contributed by atoms with Gasteiger partial charge in [-0.2, -0.15) is 5.10 Å². The predicted molar refractivity (Wildman–Crippen MR) is 155 cm³/mol. The van der Waals surface area contributed by atoms with Gasteiger partial charge in [-0.1, -0.05) is 72.8 Å². The second-order valence-electron chi connectivity index (χ2n) is 8.45. The first-order valence-electron chi connectivity index (χ1n) is 12.0. The van der Waals surface area contributed by atoms with E-state index in [1.807, 2.05) is 53.3 Å². The summed E-state index contributed by atoms with van der Waals surface area (Å²) < 4.78 is 7.15. The van der Waals surface area contributed by atoms with E-state index in [0.717, 1.165) is 11.3 Å². The zero-order valence-corrected chi connectivity index (χ0v) is 21.9. The molecule has 2 N–H and O–H groups in total. The Balaban J connectivity index is 1.28. The van der Waals surface area contributed by atoms with Gasteiger partial charge >= 0.3 is 5.97 Å². The second kappa shape index (κ2) is 11.4. The highest BCUT2D eigenvalue weighted by Crippen LogP contribution is 2.31. The Labute approximate surface area is 224 Å². The van der Waals surface area contributed by atoms with Gasteiger partial charge in [0.2, 0.25) is 0 Å². The molecule has 5 aromatic rings. The molecule has 0 radical (unpaired) electrons. The highest BCUT2D eigenvalue weighted by atomic mass is 32.1. The number of nitrogens with zero attached hydrogens (tertiary/aromatic N) is 2. The Hall–Kier alpha value is -4.01. The molecule has 0 aliphatic rings. The summed E-state index contributed by atoms with van der Waals surface area (Å²) in [6, 6.07) is 28.5. The largest absolute Gasteiger partial charge is 0.462 e. The molecule has 0 atom stereocenters. The molecular formula is C29H26N4O2S2. The van der Waals surface area contributed by atoms with Crippen LogP contribution in [-0.4, -0.2) is 27.5 Å². The lowest BCUT2D eigenvalue weighted by molar-refractivity contribution is 0.0528. The number of rotatable bonds is 8. The van der Waals surface area contributed by atoms with E-state index in [1.54, 1.807) is 6.92 Å². The Bertz CT molecular complexity index is 1540. The quantitative estimate of drug-likeness (QED) is 0.173. The first-order chi connectivity index (χ1) is 18.1. The highest BCUT2D eigenvalue weighted by molar-refractivity contribution is 7.80. The van der Waals surface area contributed by atoms with E-state index in [-0.39, 0.29) is 5.97 Å². The summed E-state index contributed by atoms with van der Waals surface area (Å²) in [5.74, 6) is 0.249. The highest BCUT2D eigenvalue weighted by Gasteiger charge is 2.19. The van der Waals surface area contributed by atoms with Crippen molar-refractivity contribution in [2.45, 2.75) is 19.9 Å². The molecule has 2 heterocycles. The zero-order chi connectivity index (χ0) is 25.6. The van der Waals surface area contributed by atoms with Crippen molar-refractivity contribution in [3.05, 3.63) is 113 Å². The molecule has 8 heteroatoms. The molecule has 0 aliphatic heterocycles. The van der Waals surface area contributed by atoms with Gasteiger partial charge < -0.3 is 15.4 Å². The minimum Gasteiger partial charge on any atom is -0.462 e. The van der Waals surface area contributed by atoms with Crippen molar-refractivity contribution in [2.75, 3.05) is 17.2 Å². The van der Waals surface area contributed by atoms with E-state index >= 15 is 0 Å². The molecule has 3 aromatic carbocycles. The molecule has 6 nitrogen and oxygen atoms in total. The zero-order valence-electron chi connectivity index (χ0n) is 20.3. The van der Waals surface area contributed by atoms with Gasteiger partial charge in [0.25, 0.3) is 0 Å². The average molecular weight is 527 g/mol. The molecule has 0 saturated heterocycles. The number of hydrogen-bond donors (Lipinski definition) is 2. The number of benzene rings is 3. The van der Waals surface area contributed by atoms with Crippen molar-refractivity contribution in [1.29, 1.82) is 0 Å². The van der Waals surface area contributed by atoms with E-state index in [1.165, 1.54) is 33.2 Å². The van der Waals surface area contributed by atoms with Crippen molar-refractivity contribution >= 4 is 56.2 Å². The van der Waals surface area contributed by atoms with Crippen molar-refractivity contribution in [1.82, 2.24) is 9.78 Å². The predicted octanol–water partition coefficient (Wildman–Crippen LogP) is 6.72. The SMILES string of the molecule is CCOC(=O)c1cc(Cc2ccccc2)sc1NC(=S)Nc1ccn(Cc2cccc3ccccc23)n1. The maximum atomic E-state index is 12.6. The maximum Gasteiger partial charge on any atom is 0.341 e. The normalized spacial score (nSPS) is 10.8. The Morgan fingerprint density at radius 2 is 1.78 bits per heavy atom. The summed E-state index contributed by atoms with van der Waals surface area (Å²) in [6.45, 7) is 2.74. The second-order valence-corrected chi connectivity index (χ2v) is 10.00. The van der Waals surface area contributed by atoms with Crippen LogP contribution >= 0.6 is 23.6 Å². The number of nitrogens with one attached hydrogen (secondary N) is 2. The molecule has 5 rings (SSSR count). The van der Waals surface area contributed by atoms with Gasteiger partial charge in [-0.3, -0.25) is 4.68 Å². The number of ether oxygens (including phenoxy) is 1. The van der Waals surface area contributed by atoms with Crippen LogP contribution in [0.2, 0.25) is 0 Å². The third-order valence-electron chi connectivity index (χ3n) is 5.82. The summed E-state index contributed by atoms with van der Waals surface area (Å²) in [5, 5.41) is 14.4. The van der Waals surface area contributed by atoms with Gasteiger partial charge in [0.1, 0.15) is 5.00 Å². The molecule has 0 saturated carbocycles. The monoisotopic (exact) mass is 526 g/mol. The first-order valence-corrected chi connectivity index (χ1v) is 13.2. The van der Waals surface area contributed by atoms with Crippen LogP contribution in [0.3, 0.4) is 0 Å². The number of carbonyl (C=O) groups excluding carboxylic acids is 1. The van der Waals surface area contributed by atoms with Crippen LogP contribution in [-0.2, 0) is 17.7 Å². The van der Waals surface area contributed by atoms with Crippen molar-refractivity contribution in [3.63, 3.8) is 0 Å². The van der Waals surface area contributed by atoms with Crippen LogP contribution in [0, 0.1) is 0 Å². The van der Waals surface area contributed by atoms with Crippen LogP contribution in [0.25, 0.3) is 10.8 Å². The molecule has 0 aliphatic carbocycles. The van der Waals surface area contributed by atoms with E-state index in [4.69, 9.17) is 17.0 Å². The Kier molecular flexibility index (Phi) is 7.58. The van der Waals surface area contributed by atoms with Gasteiger partial charge in [0.15, 0.2) is 10.9 Å². The number of thiocarbonyl (C=S) groups is 1. The van der Waals surface area contributed by atoms with E-state index in [0.29, 0.717) is 34.6 Å². The number of fused-ring (bicyclic) bond motifs is 1. The van der Waals surface area contributed by atoms with Crippen molar-refractivity contribution in [3.8, 4) is 0 Å². The summed E-state index contributed by atoms with van der Waals surface area (Å²) in [4.78, 5) is 13.6. The third-order valence-corrected chi connectivity index (χ3v) is 7.08. The van der Waals surface area contributed by atoms with Gasteiger partial charge in [-0.05, 0) is 47.1 Å². The lowest BCUT2D eigenvalue weighted by Crippen LogP contribution is -2.20. The van der Waals surface area contributed by atoms with Crippen LogP contribution < -0.4 is 10.6 Å². The lowest BCUT2D eigenvalue weighted by Gasteiger charge is -2.09. The van der Waals surface area contributed by atoms with Gasteiger partial charge in [-0.25, -0.2) is 4.79 Å². The summed E-state index contributed by atoms with van der Waals surface area (Å²) in [6.07, 6.45) is 2.64. The summed E-state index contributed by atoms with van der Waals surface area (Å²) in [7, 11) is 0. The van der Waals surface area contributed by atoms with E-state index in [9.17, 15) is 4.79 Å². The van der Waals surface area contributed by atoms with Gasteiger partial charge in [0.05, 0.1) is 18.7 Å². The molecule has 2 aromatic heterocycles. The average Bonchev–Trinajstić information content (AvgIpc) is 3.51. The molecule has 37 heavy (non-hydrogen) atoms. The number of thiophene rings is 1. The Morgan fingerprint density at radius 1 is 1.00 bits per heavy atom. The number of aromatic nitrogens is 2. The van der Waals surface area contributed by atoms with E-state index < -0.39 is 0 Å². The first kappa shape index (κ1) is 24.7. The molecule has 0 unspecified atom stereocenters. The van der Waals surface area contributed by atoms with Crippen molar-refractivity contribution < 1.29 is 9.53 Å². The fourth-order valence-corrected chi connectivity index (χ4v) is 5.51. The molecular weight excluding hydrogens is 500 g/mol. The van der Waals surface area contributed by atoms with Crippen LogP contribution in [0.4, 0.5) is 10.8 Å². The molecule has 0 fully saturated rings. The smallest absolute Gasteiger partial charge is 0.341 e. The molecule has 0 bridgehead atoms. The molecule has 186 valence electrons. The lowest BCUT2D eigenvalue weighted by atomic mass is 10.0. The Morgan fingerprint density at radius 3 is 2.62 bits per heavy atom. The number of carbonyl (C=O) groups is 1.